The summed E-state index contributed by atoms with van der Waals surface area (Å²) in [4.78, 5) is 36.3. The lowest BCUT2D eigenvalue weighted by Gasteiger charge is -2.06. The van der Waals surface area contributed by atoms with Gasteiger partial charge in [-0.3, -0.25) is 15.0 Å². The highest BCUT2D eigenvalue weighted by Crippen LogP contribution is 2.23. The normalized spacial score (nSPS) is 10.3. The number of ether oxygens (including phenoxy) is 2. The van der Waals surface area contributed by atoms with Crippen molar-refractivity contribution in [3.05, 3.63) is 101 Å². The number of hydrogen-bond acceptors (Lipinski definition) is 7. The molecule has 0 spiro atoms. The van der Waals surface area contributed by atoms with Gasteiger partial charge in [0, 0.05) is 11.1 Å². The first-order valence-electron chi connectivity index (χ1n) is 11.0. The summed E-state index contributed by atoms with van der Waals surface area (Å²) in [5.74, 6) is -0.664. The summed E-state index contributed by atoms with van der Waals surface area (Å²) in [6.07, 6.45) is 0.129. The van der Waals surface area contributed by atoms with Crippen LogP contribution in [0.15, 0.2) is 77.2 Å². The van der Waals surface area contributed by atoms with Crippen molar-refractivity contribution in [2.45, 2.75) is 13.0 Å². The van der Waals surface area contributed by atoms with Gasteiger partial charge in [0.2, 0.25) is 5.76 Å². The summed E-state index contributed by atoms with van der Waals surface area (Å²) < 4.78 is 15.6. The molecule has 0 aliphatic heterocycles. The number of carbonyl (C=O) groups excluding carboxylic acids is 3. The monoisotopic (exact) mass is 521 g/mol. The van der Waals surface area contributed by atoms with Crippen molar-refractivity contribution in [3.63, 3.8) is 0 Å². The van der Waals surface area contributed by atoms with Gasteiger partial charge in [0.1, 0.15) is 17.3 Å². The van der Waals surface area contributed by atoms with E-state index in [9.17, 15) is 14.4 Å². The first-order valence-corrected chi connectivity index (χ1v) is 11.0. The number of nitrogens with two attached hydrogens (primary N) is 1. The number of nitrogen functional groups attached to an aromatic ring is 1. The molecule has 0 bridgehead atoms. The Morgan fingerprint density at radius 1 is 0.919 bits per heavy atom. The van der Waals surface area contributed by atoms with Crippen molar-refractivity contribution in [1.29, 1.82) is 5.41 Å². The van der Waals surface area contributed by atoms with E-state index in [1.165, 1.54) is 13.2 Å². The molecule has 1 amide bonds. The van der Waals surface area contributed by atoms with Crippen molar-refractivity contribution < 1.29 is 28.3 Å². The Morgan fingerprint density at radius 3 is 2.30 bits per heavy atom. The van der Waals surface area contributed by atoms with Gasteiger partial charge in [-0.2, -0.15) is 0 Å². The maximum atomic E-state index is 12.5. The minimum Gasteiger partial charge on any atom is -0.469 e. The molecule has 0 atom stereocenters. The third kappa shape index (κ3) is 6.74. The summed E-state index contributed by atoms with van der Waals surface area (Å²) in [5, 5.41) is 11.9. The van der Waals surface area contributed by atoms with E-state index in [0.717, 1.165) is 16.3 Å². The van der Waals surface area contributed by atoms with E-state index in [0.29, 0.717) is 22.6 Å². The van der Waals surface area contributed by atoms with Crippen LogP contribution in [0.3, 0.4) is 0 Å². The molecule has 10 heteroatoms. The molecule has 4 N–H and O–H groups in total. The van der Waals surface area contributed by atoms with Crippen LogP contribution >= 0.6 is 12.4 Å². The second kappa shape index (κ2) is 11.9. The number of rotatable bonds is 8. The fourth-order valence-corrected chi connectivity index (χ4v) is 3.48. The Labute approximate surface area is 218 Å². The van der Waals surface area contributed by atoms with Crippen LogP contribution in [-0.2, 0) is 22.5 Å². The van der Waals surface area contributed by atoms with Crippen LogP contribution in [0.2, 0.25) is 0 Å². The number of methoxy groups -OCH3 is 1. The van der Waals surface area contributed by atoms with Gasteiger partial charge in [-0.1, -0.05) is 30.3 Å². The van der Waals surface area contributed by atoms with Gasteiger partial charge >= 0.3 is 11.9 Å². The molecule has 0 unspecified atom stereocenters. The van der Waals surface area contributed by atoms with Gasteiger partial charge in [0.25, 0.3) is 5.91 Å². The zero-order valence-electron chi connectivity index (χ0n) is 19.8. The molecule has 0 aliphatic rings. The number of nitrogens with one attached hydrogen (secondary N) is 2. The highest BCUT2D eigenvalue weighted by atomic mass is 35.5. The van der Waals surface area contributed by atoms with Crippen molar-refractivity contribution in [2.75, 3.05) is 7.11 Å². The van der Waals surface area contributed by atoms with Gasteiger partial charge in [-0.25, -0.2) is 4.79 Å². The minimum atomic E-state index is -0.673. The fraction of sp³-hybridized carbons (Fsp3) is 0.111. The zero-order chi connectivity index (χ0) is 25.7. The SMILES string of the molecule is COC(=O)Cc1ccc(C(=O)NCc2ccc(C(=O)Oc3ccc4cc(C(=N)N)ccc4c3)o2)cc1.Cl. The summed E-state index contributed by atoms with van der Waals surface area (Å²) >= 11 is 0. The van der Waals surface area contributed by atoms with Gasteiger partial charge in [-0.05, 0) is 58.8 Å². The Kier molecular flexibility index (Phi) is 8.65. The quantitative estimate of drug-likeness (QED) is 0.137. The Balaban J connectivity index is 0.00000380. The van der Waals surface area contributed by atoms with Crippen LogP contribution < -0.4 is 15.8 Å². The van der Waals surface area contributed by atoms with Crippen LogP contribution in [-0.4, -0.2) is 30.8 Å². The third-order valence-electron chi connectivity index (χ3n) is 5.41. The minimum absolute atomic E-state index is 0. The average molecular weight is 522 g/mol. The van der Waals surface area contributed by atoms with Crippen molar-refractivity contribution >= 4 is 46.9 Å². The number of carbonyl (C=O) groups is 3. The predicted octanol–water partition coefficient (Wildman–Crippen LogP) is 4.00. The zero-order valence-corrected chi connectivity index (χ0v) is 20.6. The van der Waals surface area contributed by atoms with E-state index in [4.69, 9.17) is 20.3 Å². The number of benzene rings is 3. The van der Waals surface area contributed by atoms with Crippen LogP contribution in [0.5, 0.6) is 5.75 Å². The Hall–Kier alpha value is -4.63. The number of amides is 1. The maximum Gasteiger partial charge on any atom is 0.379 e. The first kappa shape index (κ1) is 27.0. The lowest BCUT2D eigenvalue weighted by molar-refractivity contribution is -0.139. The van der Waals surface area contributed by atoms with E-state index < -0.39 is 5.97 Å². The molecule has 3 aromatic carbocycles. The molecular formula is C27H24ClN3O6. The number of esters is 2. The summed E-state index contributed by atoms with van der Waals surface area (Å²) in [5.41, 5.74) is 7.29. The molecule has 4 rings (SSSR count). The standard InChI is InChI=1S/C27H23N3O6.ClH/c1-34-24(31)12-16-2-4-17(5-3-16)26(32)30-15-22-10-11-23(35-22)27(33)36-21-9-8-18-13-20(25(28)29)7-6-19(18)14-21;/h2-11,13-14H,12,15H2,1H3,(H3,28,29)(H,30,32);1H. The van der Waals surface area contributed by atoms with E-state index in [-0.39, 0.29) is 48.8 Å². The molecule has 0 saturated carbocycles. The second-order valence-corrected chi connectivity index (χ2v) is 7.93. The van der Waals surface area contributed by atoms with Crippen LogP contribution in [0.25, 0.3) is 10.8 Å². The number of hydrogen-bond donors (Lipinski definition) is 3. The number of furan rings is 1. The largest absolute Gasteiger partial charge is 0.469 e. The van der Waals surface area contributed by atoms with E-state index >= 15 is 0 Å². The highest BCUT2D eigenvalue weighted by molar-refractivity contribution is 5.99. The molecule has 1 heterocycles. The van der Waals surface area contributed by atoms with Crippen molar-refractivity contribution in [3.8, 4) is 5.75 Å². The second-order valence-electron chi connectivity index (χ2n) is 7.93. The van der Waals surface area contributed by atoms with Crippen LogP contribution in [0.1, 0.15) is 37.8 Å². The fourth-order valence-electron chi connectivity index (χ4n) is 3.48. The van der Waals surface area contributed by atoms with Gasteiger partial charge in [0.05, 0.1) is 20.1 Å². The van der Waals surface area contributed by atoms with Gasteiger partial charge in [-0.15, -0.1) is 12.4 Å². The molecule has 0 aliphatic carbocycles. The summed E-state index contributed by atoms with van der Waals surface area (Å²) in [7, 11) is 1.32. The summed E-state index contributed by atoms with van der Waals surface area (Å²) in [6, 6.07) is 20.1. The van der Waals surface area contributed by atoms with Crippen LogP contribution in [0.4, 0.5) is 0 Å². The van der Waals surface area contributed by atoms with Crippen molar-refractivity contribution in [2.24, 2.45) is 5.73 Å². The molecule has 0 fully saturated rings. The number of fused-ring (bicyclic) bond motifs is 1. The lowest BCUT2D eigenvalue weighted by Crippen LogP contribution is -2.22. The van der Waals surface area contributed by atoms with Gasteiger partial charge in [0.15, 0.2) is 0 Å². The molecule has 4 aromatic rings. The van der Waals surface area contributed by atoms with E-state index in [1.54, 1.807) is 66.7 Å². The van der Waals surface area contributed by atoms with E-state index in [2.05, 4.69) is 10.1 Å². The lowest BCUT2D eigenvalue weighted by atomic mass is 10.1. The average Bonchev–Trinajstić information content (AvgIpc) is 3.36. The molecule has 190 valence electrons. The first-order chi connectivity index (χ1) is 17.3. The van der Waals surface area contributed by atoms with Crippen LogP contribution in [0, 0.1) is 5.41 Å². The summed E-state index contributed by atoms with van der Waals surface area (Å²) in [6.45, 7) is 0.0739. The van der Waals surface area contributed by atoms with Gasteiger partial charge < -0.3 is 24.9 Å². The Morgan fingerprint density at radius 2 is 1.59 bits per heavy atom. The number of amidine groups is 1. The molecule has 0 saturated heterocycles. The predicted molar refractivity (Wildman–Crippen MR) is 139 cm³/mol. The topological polar surface area (TPSA) is 145 Å². The third-order valence-corrected chi connectivity index (χ3v) is 5.41. The van der Waals surface area contributed by atoms with E-state index in [1.807, 2.05) is 0 Å². The number of halogens is 1. The molecule has 1 aromatic heterocycles. The highest BCUT2D eigenvalue weighted by Gasteiger charge is 2.15. The molecular weight excluding hydrogens is 498 g/mol. The molecule has 0 radical (unpaired) electrons. The molecule has 37 heavy (non-hydrogen) atoms. The Bertz CT molecular complexity index is 1460. The molecule has 9 nitrogen and oxygen atoms in total. The smallest absolute Gasteiger partial charge is 0.379 e. The maximum absolute atomic E-state index is 12.5. The van der Waals surface area contributed by atoms with Crippen molar-refractivity contribution in [1.82, 2.24) is 5.32 Å².